The molecule has 0 amide bonds. The second-order valence-corrected chi connectivity index (χ2v) is 5.28. The lowest BCUT2D eigenvalue weighted by atomic mass is 10.1. The van der Waals surface area contributed by atoms with Crippen LogP contribution in [-0.4, -0.2) is 19.9 Å². The molecule has 2 aromatic heterocycles. The molecule has 114 valence electrons. The van der Waals surface area contributed by atoms with Gasteiger partial charge < -0.3 is 10.7 Å². The van der Waals surface area contributed by atoms with Crippen LogP contribution in [0.3, 0.4) is 0 Å². The van der Waals surface area contributed by atoms with Crippen molar-refractivity contribution in [2.75, 3.05) is 5.73 Å². The zero-order valence-corrected chi connectivity index (χ0v) is 12.6. The van der Waals surface area contributed by atoms with Crippen LogP contribution in [0.1, 0.15) is 5.56 Å². The summed E-state index contributed by atoms with van der Waals surface area (Å²) in [4.78, 5) is 16.6. The van der Waals surface area contributed by atoms with Crippen molar-refractivity contribution in [3.05, 3.63) is 60.3 Å². The molecule has 4 rings (SSSR count). The first kappa shape index (κ1) is 13.9. The molecule has 0 saturated carbocycles. The van der Waals surface area contributed by atoms with Gasteiger partial charge in [-0.05, 0) is 24.3 Å². The molecule has 0 unspecified atom stereocenters. The van der Waals surface area contributed by atoms with Gasteiger partial charge in [0.15, 0.2) is 11.6 Å². The van der Waals surface area contributed by atoms with Gasteiger partial charge in [-0.25, -0.2) is 15.0 Å². The van der Waals surface area contributed by atoms with Crippen molar-refractivity contribution < 1.29 is 0 Å². The largest absolute Gasteiger partial charge is 0.382 e. The van der Waals surface area contributed by atoms with Crippen LogP contribution in [0.15, 0.2) is 54.7 Å². The van der Waals surface area contributed by atoms with Crippen LogP contribution in [0, 0.1) is 11.3 Å². The Balaban J connectivity index is 1.82. The maximum atomic E-state index is 8.89. The van der Waals surface area contributed by atoms with Crippen molar-refractivity contribution in [2.45, 2.75) is 0 Å². The molecule has 0 spiro atoms. The number of benzene rings is 2. The first-order valence-corrected chi connectivity index (χ1v) is 7.33. The van der Waals surface area contributed by atoms with Crippen molar-refractivity contribution >= 4 is 16.9 Å². The van der Waals surface area contributed by atoms with E-state index < -0.39 is 0 Å². The number of nitrogens with two attached hydrogens (primary N) is 1. The molecule has 24 heavy (non-hydrogen) atoms. The third kappa shape index (κ3) is 2.34. The van der Waals surface area contributed by atoms with Crippen molar-refractivity contribution in [2.24, 2.45) is 0 Å². The number of para-hydroxylation sites is 2. The van der Waals surface area contributed by atoms with E-state index in [0.717, 1.165) is 16.6 Å². The van der Waals surface area contributed by atoms with Crippen LogP contribution >= 0.6 is 0 Å². The third-order valence-electron chi connectivity index (χ3n) is 3.72. The Kier molecular flexibility index (Phi) is 3.18. The van der Waals surface area contributed by atoms with Gasteiger partial charge in [-0.15, -0.1) is 0 Å². The Bertz CT molecular complexity index is 1040. The standard InChI is InChI=1S/C18H12N6/c19-9-11-5-7-12(8-6-11)15-10-21-17(20)16(22-15)18-23-13-3-1-2-4-14(13)24-18/h1-8,10H,(H2,20,21)(H,23,24). The smallest absolute Gasteiger partial charge is 0.161 e. The fourth-order valence-corrected chi connectivity index (χ4v) is 2.49. The molecular weight excluding hydrogens is 300 g/mol. The Hall–Kier alpha value is -3.72. The van der Waals surface area contributed by atoms with Crippen LogP contribution in [0.2, 0.25) is 0 Å². The monoisotopic (exact) mass is 312 g/mol. The zero-order valence-electron chi connectivity index (χ0n) is 12.6. The first-order chi connectivity index (χ1) is 11.7. The van der Waals surface area contributed by atoms with E-state index in [4.69, 9.17) is 11.0 Å². The Labute approximate surface area is 137 Å². The van der Waals surface area contributed by atoms with Gasteiger partial charge in [0.25, 0.3) is 0 Å². The van der Waals surface area contributed by atoms with Crippen molar-refractivity contribution in [3.63, 3.8) is 0 Å². The number of fused-ring (bicyclic) bond motifs is 1. The van der Waals surface area contributed by atoms with Gasteiger partial charge in [0.1, 0.15) is 5.69 Å². The second kappa shape index (κ2) is 5.48. The zero-order chi connectivity index (χ0) is 16.5. The topological polar surface area (TPSA) is 104 Å². The molecule has 0 aliphatic heterocycles. The summed E-state index contributed by atoms with van der Waals surface area (Å²) in [7, 11) is 0. The summed E-state index contributed by atoms with van der Waals surface area (Å²) in [6.45, 7) is 0. The van der Waals surface area contributed by atoms with E-state index in [1.165, 1.54) is 0 Å². The number of nitrogens with zero attached hydrogens (tertiary/aromatic N) is 4. The molecule has 0 fully saturated rings. The molecule has 2 aromatic carbocycles. The van der Waals surface area contributed by atoms with Crippen LogP contribution in [0.5, 0.6) is 0 Å². The minimum atomic E-state index is 0.312. The number of hydrogen-bond acceptors (Lipinski definition) is 5. The highest BCUT2D eigenvalue weighted by molar-refractivity contribution is 5.80. The third-order valence-corrected chi connectivity index (χ3v) is 3.72. The minimum absolute atomic E-state index is 0.312. The SMILES string of the molecule is N#Cc1ccc(-c2cnc(N)c(-c3nc4ccccc4[nH]3)n2)cc1. The number of nitrogens with one attached hydrogen (secondary N) is 1. The van der Waals surface area contributed by atoms with E-state index in [2.05, 4.69) is 26.0 Å². The van der Waals surface area contributed by atoms with Crippen LogP contribution in [0.25, 0.3) is 33.8 Å². The summed E-state index contributed by atoms with van der Waals surface area (Å²) < 4.78 is 0. The normalized spacial score (nSPS) is 10.6. The van der Waals surface area contributed by atoms with Gasteiger partial charge in [-0.3, -0.25) is 0 Å². The van der Waals surface area contributed by atoms with Crippen molar-refractivity contribution in [1.29, 1.82) is 5.26 Å². The highest BCUT2D eigenvalue weighted by atomic mass is 15.0. The number of rotatable bonds is 2. The summed E-state index contributed by atoms with van der Waals surface area (Å²) in [6, 6.07) is 17.0. The summed E-state index contributed by atoms with van der Waals surface area (Å²) in [5, 5.41) is 8.89. The van der Waals surface area contributed by atoms with Gasteiger partial charge in [-0.1, -0.05) is 24.3 Å². The lowest BCUT2D eigenvalue weighted by molar-refractivity contribution is 1.18. The van der Waals surface area contributed by atoms with E-state index in [9.17, 15) is 0 Å². The highest BCUT2D eigenvalue weighted by Crippen LogP contribution is 2.26. The van der Waals surface area contributed by atoms with Gasteiger partial charge in [-0.2, -0.15) is 5.26 Å². The van der Waals surface area contributed by atoms with E-state index >= 15 is 0 Å². The summed E-state index contributed by atoms with van der Waals surface area (Å²) in [5.41, 5.74) is 10.4. The fourth-order valence-electron chi connectivity index (χ4n) is 2.49. The summed E-state index contributed by atoms with van der Waals surface area (Å²) >= 11 is 0. The maximum absolute atomic E-state index is 8.89. The average molecular weight is 312 g/mol. The van der Waals surface area contributed by atoms with Crippen molar-refractivity contribution in [1.82, 2.24) is 19.9 Å². The fraction of sp³-hybridized carbons (Fsp3) is 0. The maximum Gasteiger partial charge on any atom is 0.161 e. The second-order valence-electron chi connectivity index (χ2n) is 5.28. The number of aromatic amines is 1. The number of nitrogen functional groups attached to an aromatic ring is 1. The summed E-state index contributed by atoms with van der Waals surface area (Å²) in [6.07, 6.45) is 1.61. The highest BCUT2D eigenvalue weighted by Gasteiger charge is 2.13. The Morgan fingerprint density at radius 1 is 1.00 bits per heavy atom. The number of aromatic nitrogens is 4. The number of nitriles is 1. The van der Waals surface area contributed by atoms with Crippen molar-refractivity contribution in [3.8, 4) is 28.8 Å². The molecule has 0 saturated heterocycles. The number of anilines is 1. The van der Waals surface area contributed by atoms with Gasteiger partial charge in [0.05, 0.1) is 34.6 Å². The first-order valence-electron chi connectivity index (χ1n) is 7.33. The number of H-pyrrole nitrogens is 1. The van der Waals surface area contributed by atoms with E-state index in [-0.39, 0.29) is 0 Å². The molecule has 4 aromatic rings. The molecule has 0 aliphatic carbocycles. The molecule has 2 heterocycles. The minimum Gasteiger partial charge on any atom is -0.382 e. The van der Waals surface area contributed by atoms with Crippen LogP contribution in [0.4, 0.5) is 5.82 Å². The molecule has 3 N–H and O–H groups in total. The molecule has 0 atom stereocenters. The molecular formula is C18H12N6. The Morgan fingerprint density at radius 2 is 1.79 bits per heavy atom. The predicted molar refractivity (Wildman–Crippen MR) is 91.7 cm³/mol. The molecule has 0 aliphatic rings. The van der Waals surface area contributed by atoms with Gasteiger partial charge in [0.2, 0.25) is 0 Å². The van der Waals surface area contributed by atoms with E-state index in [0.29, 0.717) is 28.6 Å². The van der Waals surface area contributed by atoms with Crippen LogP contribution < -0.4 is 5.73 Å². The van der Waals surface area contributed by atoms with Crippen LogP contribution in [-0.2, 0) is 0 Å². The number of imidazole rings is 1. The predicted octanol–water partition coefficient (Wildman–Crippen LogP) is 3.14. The molecule has 0 radical (unpaired) electrons. The molecule has 6 heteroatoms. The lowest BCUT2D eigenvalue weighted by Gasteiger charge is -2.05. The van der Waals surface area contributed by atoms with E-state index in [1.54, 1.807) is 18.3 Å². The van der Waals surface area contributed by atoms with E-state index in [1.807, 2.05) is 36.4 Å². The Morgan fingerprint density at radius 3 is 2.54 bits per heavy atom. The molecule has 0 bridgehead atoms. The lowest BCUT2D eigenvalue weighted by Crippen LogP contribution is -1.99. The van der Waals surface area contributed by atoms with Gasteiger partial charge in [0, 0.05) is 5.56 Å². The van der Waals surface area contributed by atoms with Gasteiger partial charge >= 0.3 is 0 Å². The quantitative estimate of drug-likeness (QED) is 0.591. The number of hydrogen-bond donors (Lipinski definition) is 2. The average Bonchev–Trinajstić information content (AvgIpc) is 3.06. The molecule has 6 nitrogen and oxygen atoms in total. The summed E-state index contributed by atoms with van der Waals surface area (Å²) in [5.74, 6) is 0.892.